The lowest BCUT2D eigenvalue weighted by molar-refractivity contribution is -0.111. The van der Waals surface area contributed by atoms with Gasteiger partial charge in [0, 0.05) is 5.92 Å². The number of amides is 1. The van der Waals surface area contributed by atoms with E-state index in [1.54, 1.807) is 54.6 Å². The second-order valence-corrected chi connectivity index (χ2v) is 5.88. The van der Waals surface area contributed by atoms with Crippen molar-refractivity contribution >= 4 is 17.3 Å². The van der Waals surface area contributed by atoms with E-state index < -0.39 is 6.10 Å². The first-order chi connectivity index (χ1) is 12.5. The molecule has 2 aromatic rings. The van der Waals surface area contributed by atoms with Gasteiger partial charge in [-0.25, -0.2) is 0 Å². The lowest BCUT2D eigenvalue weighted by Crippen LogP contribution is -2.12. The summed E-state index contributed by atoms with van der Waals surface area (Å²) in [6.45, 7) is 1.93. The summed E-state index contributed by atoms with van der Waals surface area (Å²) in [5.74, 6) is -0.0342. The smallest absolute Gasteiger partial charge is 0.248 e. The SMILES string of the molecule is C[C@@H](/C=C/C(=O)Nc1ccccc1N)[C@@H](O)c1cccc(OCCO)c1. The molecule has 5 N–H and O–H groups in total. The predicted octanol–water partition coefficient (Wildman–Crippen LogP) is 2.50. The van der Waals surface area contributed by atoms with Crippen molar-refractivity contribution in [3.05, 3.63) is 66.2 Å². The first-order valence-electron chi connectivity index (χ1n) is 8.36. The fourth-order valence-electron chi connectivity index (χ4n) is 2.39. The van der Waals surface area contributed by atoms with E-state index in [-0.39, 0.29) is 25.0 Å². The predicted molar refractivity (Wildman–Crippen MR) is 102 cm³/mol. The van der Waals surface area contributed by atoms with Gasteiger partial charge in [-0.3, -0.25) is 4.79 Å². The minimum atomic E-state index is -0.793. The van der Waals surface area contributed by atoms with Gasteiger partial charge in [0.1, 0.15) is 12.4 Å². The second-order valence-electron chi connectivity index (χ2n) is 5.88. The Morgan fingerprint density at radius 2 is 2.04 bits per heavy atom. The monoisotopic (exact) mass is 356 g/mol. The molecule has 0 aromatic heterocycles. The van der Waals surface area contributed by atoms with Crippen LogP contribution in [-0.4, -0.2) is 29.3 Å². The van der Waals surface area contributed by atoms with Crippen LogP contribution in [0, 0.1) is 5.92 Å². The highest BCUT2D eigenvalue weighted by Gasteiger charge is 2.15. The maximum Gasteiger partial charge on any atom is 0.248 e. The van der Waals surface area contributed by atoms with Crippen molar-refractivity contribution < 1.29 is 19.7 Å². The molecule has 26 heavy (non-hydrogen) atoms. The summed E-state index contributed by atoms with van der Waals surface area (Å²) in [6, 6.07) is 14.0. The molecule has 138 valence electrons. The Morgan fingerprint density at radius 1 is 1.27 bits per heavy atom. The van der Waals surface area contributed by atoms with Gasteiger partial charge >= 0.3 is 0 Å². The summed E-state index contributed by atoms with van der Waals surface area (Å²) in [7, 11) is 0. The average molecular weight is 356 g/mol. The molecule has 6 nitrogen and oxygen atoms in total. The van der Waals surface area contributed by atoms with Gasteiger partial charge in [-0.2, -0.15) is 0 Å². The zero-order valence-electron chi connectivity index (χ0n) is 14.6. The molecule has 1 amide bonds. The number of nitrogens with two attached hydrogens (primary N) is 1. The third-order valence-electron chi connectivity index (χ3n) is 3.83. The van der Waals surface area contributed by atoms with Gasteiger partial charge in [0.05, 0.1) is 24.1 Å². The van der Waals surface area contributed by atoms with E-state index in [2.05, 4.69) is 5.32 Å². The van der Waals surface area contributed by atoms with E-state index in [9.17, 15) is 9.90 Å². The Balaban J connectivity index is 1.97. The lowest BCUT2D eigenvalue weighted by atomic mass is 9.97. The maximum absolute atomic E-state index is 12.0. The molecule has 0 heterocycles. The first-order valence-corrected chi connectivity index (χ1v) is 8.36. The Labute approximate surface area is 152 Å². The molecule has 0 aliphatic heterocycles. The van der Waals surface area contributed by atoms with Crippen molar-refractivity contribution in [3.63, 3.8) is 0 Å². The molecule has 0 unspecified atom stereocenters. The van der Waals surface area contributed by atoms with E-state index in [1.807, 2.05) is 6.92 Å². The fraction of sp³-hybridized carbons (Fsp3) is 0.250. The largest absolute Gasteiger partial charge is 0.491 e. The molecule has 0 radical (unpaired) electrons. The molecule has 2 aromatic carbocycles. The van der Waals surface area contributed by atoms with E-state index >= 15 is 0 Å². The summed E-state index contributed by atoms with van der Waals surface area (Å²) in [4.78, 5) is 12.0. The molecule has 0 bridgehead atoms. The highest BCUT2D eigenvalue weighted by Crippen LogP contribution is 2.26. The quantitative estimate of drug-likeness (QED) is 0.430. The minimum Gasteiger partial charge on any atom is -0.491 e. The van der Waals surface area contributed by atoms with Crippen LogP contribution >= 0.6 is 0 Å². The van der Waals surface area contributed by atoms with Gasteiger partial charge in [0.2, 0.25) is 5.91 Å². The summed E-state index contributed by atoms with van der Waals surface area (Å²) in [6.07, 6.45) is 2.23. The molecular formula is C20H24N2O4. The summed E-state index contributed by atoms with van der Waals surface area (Å²) >= 11 is 0. The number of benzene rings is 2. The summed E-state index contributed by atoms with van der Waals surface area (Å²) in [5, 5.41) is 22.0. The number of hydrogen-bond donors (Lipinski definition) is 4. The number of rotatable bonds is 8. The Morgan fingerprint density at radius 3 is 2.77 bits per heavy atom. The molecule has 0 aliphatic carbocycles. The van der Waals surface area contributed by atoms with Crippen LogP contribution < -0.4 is 15.8 Å². The van der Waals surface area contributed by atoms with Crippen molar-refractivity contribution in [3.8, 4) is 5.75 Å². The minimum absolute atomic E-state index is 0.0764. The fourth-order valence-corrected chi connectivity index (χ4v) is 2.39. The number of nitrogens with one attached hydrogen (secondary N) is 1. The number of aliphatic hydroxyl groups is 2. The molecule has 2 atom stereocenters. The normalized spacial score (nSPS) is 13.3. The topological polar surface area (TPSA) is 105 Å². The Bertz CT molecular complexity index is 761. The van der Waals surface area contributed by atoms with E-state index in [0.29, 0.717) is 22.7 Å². The van der Waals surface area contributed by atoms with Crippen molar-refractivity contribution in [2.24, 2.45) is 5.92 Å². The van der Waals surface area contributed by atoms with Crippen molar-refractivity contribution in [1.82, 2.24) is 0 Å². The molecule has 0 saturated heterocycles. The van der Waals surface area contributed by atoms with Crippen LogP contribution in [0.5, 0.6) is 5.75 Å². The standard InChI is InChI=1S/C20H24N2O4/c1-14(9-10-19(24)22-18-8-3-2-7-17(18)21)20(25)15-5-4-6-16(13-15)26-12-11-23/h2-10,13-14,20,23,25H,11-12,21H2,1H3,(H,22,24)/b10-9+/t14-,20+/m0/s1. The molecule has 0 fully saturated rings. The number of para-hydroxylation sites is 2. The van der Waals surface area contributed by atoms with E-state index in [0.717, 1.165) is 0 Å². The van der Waals surface area contributed by atoms with Gasteiger partial charge in [0.25, 0.3) is 0 Å². The van der Waals surface area contributed by atoms with Crippen molar-refractivity contribution in [2.75, 3.05) is 24.3 Å². The number of carbonyl (C=O) groups excluding carboxylic acids is 1. The van der Waals surface area contributed by atoms with Crippen LogP contribution in [0.3, 0.4) is 0 Å². The van der Waals surface area contributed by atoms with Crippen molar-refractivity contribution in [2.45, 2.75) is 13.0 Å². The van der Waals surface area contributed by atoms with Crippen LogP contribution in [0.2, 0.25) is 0 Å². The van der Waals surface area contributed by atoms with Gasteiger partial charge < -0.3 is 26.0 Å². The number of anilines is 2. The number of nitrogen functional groups attached to an aromatic ring is 1. The highest BCUT2D eigenvalue weighted by atomic mass is 16.5. The Kier molecular flexibility index (Phi) is 7.20. The molecule has 6 heteroatoms. The van der Waals surface area contributed by atoms with Crippen LogP contribution in [0.4, 0.5) is 11.4 Å². The summed E-state index contributed by atoms with van der Waals surface area (Å²) in [5.41, 5.74) is 7.50. The van der Waals surface area contributed by atoms with Crippen LogP contribution in [0.25, 0.3) is 0 Å². The van der Waals surface area contributed by atoms with Gasteiger partial charge in [0.15, 0.2) is 0 Å². The van der Waals surface area contributed by atoms with Gasteiger partial charge in [-0.15, -0.1) is 0 Å². The lowest BCUT2D eigenvalue weighted by Gasteiger charge is -2.17. The number of aliphatic hydroxyl groups excluding tert-OH is 2. The summed E-state index contributed by atoms with van der Waals surface area (Å²) < 4.78 is 5.35. The highest BCUT2D eigenvalue weighted by molar-refractivity contribution is 6.01. The Hall–Kier alpha value is -2.83. The van der Waals surface area contributed by atoms with Crippen molar-refractivity contribution in [1.29, 1.82) is 0 Å². The van der Waals surface area contributed by atoms with Crippen LogP contribution in [0.1, 0.15) is 18.6 Å². The third kappa shape index (κ3) is 5.61. The molecule has 2 rings (SSSR count). The van der Waals surface area contributed by atoms with E-state index in [1.165, 1.54) is 6.08 Å². The number of ether oxygens (including phenoxy) is 1. The third-order valence-corrected chi connectivity index (χ3v) is 3.83. The first kappa shape index (κ1) is 19.5. The molecule has 0 spiro atoms. The average Bonchev–Trinajstić information content (AvgIpc) is 2.66. The maximum atomic E-state index is 12.0. The number of hydrogen-bond acceptors (Lipinski definition) is 5. The zero-order chi connectivity index (χ0) is 18.9. The zero-order valence-corrected chi connectivity index (χ0v) is 14.6. The number of carbonyl (C=O) groups is 1. The van der Waals surface area contributed by atoms with Crippen LogP contribution in [0.15, 0.2) is 60.7 Å². The second kappa shape index (κ2) is 9.60. The molecular weight excluding hydrogens is 332 g/mol. The molecule has 0 aliphatic rings. The van der Waals surface area contributed by atoms with Gasteiger partial charge in [-0.1, -0.05) is 37.3 Å². The van der Waals surface area contributed by atoms with Gasteiger partial charge in [-0.05, 0) is 35.9 Å². The van der Waals surface area contributed by atoms with Crippen LogP contribution in [-0.2, 0) is 4.79 Å². The molecule has 0 saturated carbocycles. The van der Waals surface area contributed by atoms with E-state index in [4.69, 9.17) is 15.6 Å².